The number of carbonyl (C=O) groups is 1. The van der Waals surface area contributed by atoms with Crippen molar-refractivity contribution in [3.8, 4) is 11.4 Å². The molecule has 1 heterocycles. The fraction of sp³-hybridized carbons (Fsp3) is 0.250. The van der Waals surface area contributed by atoms with Crippen molar-refractivity contribution in [3.63, 3.8) is 0 Å². The summed E-state index contributed by atoms with van der Waals surface area (Å²) in [5.41, 5.74) is 2.24. The van der Waals surface area contributed by atoms with E-state index in [1.54, 1.807) is 11.0 Å². The van der Waals surface area contributed by atoms with Crippen LogP contribution >= 0.6 is 0 Å². The lowest BCUT2D eigenvalue weighted by Crippen LogP contribution is -2.36. The van der Waals surface area contributed by atoms with E-state index in [0.29, 0.717) is 11.7 Å². The Labute approximate surface area is 151 Å². The zero-order valence-corrected chi connectivity index (χ0v) is 14.9. The van der Waals surface area contributed by atoms with E-state index in [1.807, 2.05) is 45.0 Å². The predicted molar refractivity (Wildman–Crippen MR) is 95.9 cm³/mol. The first-order valence-corrected chi connectivity index (χ1v) is 8.40. The van der Waals surface area contributed by atoms with Crippen LogP contribution in [0.25, 0.3) is 11.4 Å². The first-order valence-electron chi connectivity index (χ1n) is 8.40. The van der Waals surface area contributed by atoms with Gasteiger partial charge in [0.25, 0.3) is 5.91 Å². The molecule has 2 aromatic carbocycles. The predicted octanol–water partition coefficient (Wildman–Crippen LogP) is 4.23. The summed E-state index contributed by atoms with van der Waals surface area (Å²) < 4.78 is 18.8. The summed E-state index contributed by atoms with van der Waals surface area (Å²) >= 11 is 0. The third-order valence-electron chi connectivity index (χ3n) is 4.01. The molecule has 0 unspecified atom stereocenters. The lowest BCUT2D eigenvalue weighted by molar-refractivity contribution is 0.0667. The highest BCUT2D eigenvalue weighted by atomic mass is 19.1. The molecule has 0 saturated carbocycles. The number of carbonyl (C=O) groups excluding carboxylic acids is 1. The van der Waals surface area contributed by atoms with Crippen molar-refractivity contribution in [3.05, 3.63) is 71.4 Å². The van der Waals surface area contributed by atoms with Gasteiger partial charge in [0.2, 0.25) is 11.7 Å². The summed E-state index contributed by atoms with van der Waals surface area (Å²) in [6, 6.07) is 13.3. The molecule has 0 bridgehead atoms. The number of rotatable bonds is 5. The minimum atomic E-state index is -0.445. The number of amides is 1. The van der Waals surface area contributed by atoms with E-state index in [9.17, 15) is 9.18 Å². The Morgan fingerprint density at radius 3 is 2.65 bits per heavy atom. The molecule has 6 heteroatoms. The van der Waals surface area contributed by atoms with Crippen LogP contribution in [0.3, 0.4) is 0 Å². The molecule has 3 rings (SSSR count). The number of aryl methyl sites for hydroxylation is 1. The van der Waals surface area contributed by atoms with Crippen LogP contribution in [0.2, 0.25) is 0 Å². The number of hydrogen-bond donors (Lipinski definition) is 0. The van der Waals surface area contributed by atoms with Gasteiger partial charge < -0.3 is 9.42 Å². The zero-order chi connectivity index (χ0) is 18.7. The molecule has 5 nitrogen and oxygen atoms in total. The van der Waals surface area contributed by atoms with Crippen molar-refractivity contribution in [2.75, 3.05) is 0 Å². The highest BCUT2D eigenvalue weighted by Crippen LogP contribution is 2.19. The van der Waals surface area contributed by atoms with Crippen LogP contribution in [-0.2, 0) is 6.54 Å². The van der Waals surface area contributed by atoms with E-state index in [2.05, 4.69) is 10.1 Å². The first kappa shape index (κ1) is 17.8. The van der Waals surface area contributed by atoms with Crippen molar-refractivity contribution in [1.82, 2.24) is 15.0 Å². The Morgan fingerprint density at radius 2 is 1.96 bits per heavy atom. The Kier molecular flexibility index (Phi) is 5.11. The number of benzene rings is 2. The molecule has 0 atom stereocenters. The number of halogens is 1. The topological polar surface area (TPSA) is 59.2 Å². The molecule has 134 valence electrons. The summed E-state index contributed by atoms with van der Waals surface area (Å²) in [7, 11) is 0. The van der Waals surface area contributed by atoms with Crippen LogP contribution in [0.1, 0.15) is 35.7 Å². The fourth-order valence-corrected chi connectivity index (χ4v) is 2.64. The van der Waals surface area contributed by atoms with E-state index in [4.69, 9.17) is 4.52 Å². The maximum atomic E-state index is 13.4. The monoisotopic (exact) mass is 353 g/mol. The van der Waals surface area contributed by atoms with E-state index < -0.39 is 5.82 Å². The molecule has 0 fully saturated rings. The van der Waals surface area contributed by atoms with E-state index in [0.717, 1.165) is 11.1 Å². The van der Waals surface area contributed by atoms with E-state index in [-0.39, 0.29) is 24.1 Å². The molecular weight excluding hydrogens is 333 g/mol. The van der Waals surface area contributed by atoms with Crippen LogP contribution in [0.4, 0.5) is 4.39 Å². The molecule has 0 saturated heterocycles. The molecule has 0 aliphatic heterocycles. The van der Waals surface area contributed by atoms with Gasteiger partial charge in [-0.2, -0.15) is 4.98 Å². The van der Waals surface area contributed by atoms with Crippen LogP contribution < -0.4 is 0 Å². The van der Waals surface area contributed by atoms with Gasteiger partial charge in [-0.25, -0.2) is 4.39 Å². The summed E-state index contributed by atoms with van der Waals surface area (Å²) in [5, 5.41) is 4.00. The summed E-state index contributed by atoms with van der Waals surface area (Å²) in [4.78, 5) is 18.7. The Balaban J connectivity index is 1.82. The average Bonchev–Trinajstić information content (AvgIpc) is 3.07. The minimum Gasteiger partial charge on any atom is -0.337 e. The zero-order valence-electron chi connectivity index (χ0n) is 14.9. The largest absolute Gasteiger partial charge is 0.337 e. The molecule has 0 aliphatic carbocycles. The average molecular weight is 353 g/mol. The van der Waals surface area contributed by atoms with Crippen LogP contribution in [0.5, 0.6) is 0 Å². The van der Waals surface area contributed by atoms with Crippen LogP contribution in [0, 0.1) is 12.7 Å². The normalized spacial score (nSPS) is 11.0. The fourth-order valence-electron chi connectivity index (χ4n) is 2.64. The highest BCUT2D eigenvalue weighted by Gasteiger charge is 2.22. The van der Waals surface area contributed by atoms with Gasteiger partial charge in [0.1, 0.15) is 12.4 Å². The van der Waals surface area contributed by atoms with Crippen LogP contribution in [-0.4, -0.2) is 27.0 Å². The standard InChI is InChI=1S/C20H20FN3O2/c1-13(2)24(20(25)16-8-5-9-17(21)11-16)12-18-22-19(23-26-18)15-7-4-6-14(3)10-15/h4-11,13H,12H2,1-3H3. The summed E-state index contributed by atoms with van der Waals surface area (Å²) in [6.07, 6.45) is 0. The first-order chi connectivity index (χ1) is 12.4. The van der Waals surface area contributed by atoms with Gasteiger partial charge in [-0.1, -0.05) is 35.0 Å². The smallest absolute Gasteiger partial charge is 0.254 e. The summed E-state index contributed by atoms with van der Waals surface area (Å²) in [6.45, 7) is 5.92. The second kappa shape index (κ2) is 7.47. The second-order valence-electron chi connectivity index (χ2n) is 6.42. The maximum Gasteiger partial charge on any atom is 0.254 e. The Bertz CT molecular complexity index is 921. The summed E-state index contributed by atoms with van der Waals surface area (Å²) in [5.74, 6) is 0.0828. The number of aromatic nitrogens is 2. The molecular formula is C20H20FN3O2. The minimum absolute atomic E-state index is 0.111. The number of hydrogen-bond acceptors (Lipinski definition) is 4. The SMILES string of the molecule is Cc1cccc(-c2noc(CN(C(=O)c3cccc(F)c3)C(C)C)n2)c1. The second-order valence-corrected chi connectivity index (χ2v) is 6.42. The molecule has 0 aliphatic rings. The van der Waals surface area contributed by atoms with Gasteiger partial charge in [0.15, 0.2) is 0 Å². The van der Waals surface area contributed by atoms with Crippen molar-refractivity contribution in [2.24, 2.45) is 0 Å². The molecule has 26 heavy (non-hydrogen) atoms. The lowest BCUT2D eigenvalue weighted by atomic mass is 10.1. The van der Waals surface area contributed by atoms with Gasteiger partial charge in [-0.15, -0.1) is 0 Å². The van der Waals surface area contributed by atoms with Crippen molar-refractivity contribution >= 4 is 5.91 Å². The molecule has 0 radical (unpaired) electrons. The van der Waals surface area contributed by atoms with Crippen molar-refractivity contribution in [1.29, 1.82) is 0 Å². The van der Waals surface area contributed by atoms with E-state index >= 15 is 0 Å². The molecule has 1 amide bonds. The van der Waals surface area contributed by atoms with Crippen molar-refractivity contribution < 1.29 is 13.7 Å². The lowest BCUT2D eigenvalue weighted by Gasteiger charge is -2.25. The van der Waals surface area contributed by atoms with Gasteiger partial charge in [-0.05, 0) is 45.0 Å². The third kappa shape index (κ3) is 3.96. The van der Waals surface area contributed by atoms with Gasteiger partial charge in [-0.3, -0.25) is 4.79 Å². The van der Waals surface area contributed by atoms with Crippen molar-refractivity contribution in [2.45, 2.75) is 33.4 Å². The molecule has 0 spiro atoms. The maximum absolute atomic E-state index is 13.4. The molecule has 3 aromatic rings. The van der Waals surface area contributed by atoms with Crippen LogP contribution in [0.15, 0.2) is 53.1 Å². The van der Waals surface area contributed by atoms with E-state index in [1.165, 1.54) is 18.2 Å². The highest BCUT2D eigenvalue weighted by molar-refractivity contribution is 5.94. The Hall–Kier alpha value is -3.02. The van der Waals surface area contributed by atoms with Gasteiger partial charge in [0.05, 0.1) is 0 Å². The quantitative estimate of drug-likeness (QED) is 0.688. The third-order valence-corrected chi connectivity index (χ3v) is 4.01. The van der Waals surface area contributed by atoms with Gasteiger partial charge in [0, 0.05) is 17.2 Å². The van der Waals surface area contributed by atoms with Gasteiger partial charge >= 0.3 is 0 Å². The molecule has 0 N–H and O–H groups in total. The Morgan fingerprint density at radius 1 is 1.19 bits per heavy atom. The molecule has 1 aromatic heterocycles. The number of nitrogens with zero attached hydrogens (tertiary/aromatic N) is 3.